The van der Waals surface area contributed by atoms with Crippen LogP contribution >= 0.6 is 12.6 Å². The lowest BCUT2D eigenvalue weighted by Gasteiger charge is -2.35. The molecule has 0 saturated carbocycles. The summed E-state index contributed by atoms with van der Waals surface area (Å²) in [4.78, 5) is 5.31. The Morgan fingerprint density at radius 3 is 1.45 bits per heavy atom. The molecule has 0 N–H and O–H groups in total. The zero-order valence-electron chi connectivity index (χ0n) is 15.8. The van der Waals surface area contributed by atoms with Gasteiger partial charge in [0.2, 0.25) is 0 Å². The third-order valence-corrected chi connectivity index (χ3v) is 4.85. The summed E-state index contributed by atoms with van der Waals surface area (Å²) in [6, 6.07) is 0. The zero-order chi connectivity index (χ0) is 16.6. The van der Waals surface area contributed by atoms with Gasteiger partial charge in [-0.05, 0) is 44.2 Å². The van der Waals surface area contributed by atoms with E-state index in [1.165, 1.54) is 77.8 Å². The fourth-order valence-corrected chi connectivity index (χ4v) is 3.28. The molecule has 1 fully saturated rings. The third kappa shape index (κ3) is 10.9. The molecule has 0 atom stereocenters. The number of nitrogens with zero attached hydrogens (tertiary/aromatic N) is 2. The molecule has 1 heterocycles. The molecular formula is C19H40N2S. The van der Waals surface area contributed by atoms with Crippen LogP contribution in [0.1, 0.15) is 73.1 Å². The molecule has 0 aromatic heterocycles. The minimum atomic E-state index is 0.200. The predicted molar refractivity (Wildman–Crippen MR) is 103 cm³/mol. The molecule has 0 amide bonds. The van der Waals surface area contributed by atoms with Crippen LogP contribution in [0.25, 0.3) is 0 Å². The molecule has 0 radical (unpaired) electrons. The maximum atomic E-state index is 4.60. The lowest BCUT2D eigenvalue weighted by Crippen LogP contribution is -2.46. The highest BCUT2D eigenvalue weighted by Gasteiger charge is 2.17. The first-order valence-corrected chi connectivity index (χ1v) is 9.78. The summed E-state index contributed by atoms with van der Waals surface area (Å²) in [5.74, 6) is 0. The lowest BCUT2D eigenvalue weighted by molar-refractivity contribution is 0.128. The van der Waals surface area contributed by atoms with E-state index in [4.69, 9.17) is 0 Å². The fraction of sp³-hybridized carbons (Fsp3) is 1.00. The van der Waals surface area contributed by atoms with Crippen LogP contribution in [0.4, 0.5) is 0 Å². The first-order valence-electron chi connectivity index (χ1n) is 9.33. The van der Waals surface area contributed by atoms with Gasteiger partial charge in [0.25, 0.3) is 0 Å². The van der Waals surface area contributed by atoms with E-state index < -0.39 is 0 Å². The van der Waals surface area contributed by atoms with Crippen LogP contribution in [0.3, 0.4) is 0 Å². The maximum absolute atomic E-state index is 4.60. The maximum Gasteiger partial charge on any atom is 0.0110 e. The Labute approximate surface area is 145 Å². The summed E-state index contributed by atoms with van der Waals surface area (Å²) in [6.45, 7) is 19.1. The Morgan fingerprint density at radius 2 is 1.09 bits per heavy atom. The van der Waals surface area contributed by atoms with Crippen molar-refractivity contribution in [1.29, 1.82) is 0 Å². The van der Waals surface area contributed by atoms with Gasteiger partial charge in [-0.25, -0.2) is 0 Å². The minimum absolute atomic E-state index is 0.200. The van der Waals surface area contributed by atoms with E-state index in [9.17, 15) is 0 Å². The van der Waals surface area contributed by atoms with Gasteiger partial charge in [-0.2, -0.15) is 12.6 Å². The van der Waals surface area contributed by atoms with Crippen molar-refractivity contribution in [3.63, 3.8) is 0 Å². The second-order valence-corrected chi connectivity index (χ2v) is 10.2. The average molecular weight is 329 g/mol. The second-order valence-electron chi connectivity index (χ2n) is 8.97. The van der Waals surface area contributed by atoms with Crippen LogP contribution in [0.2, 0.25) is 0 Å². The normalized spacial score (nSPS) is 18.8. The average Bonchev–Trinajstić information content (AvgIpc) is 2.39. The zero-order valence-corrected chi connectivity index (χ0v) is 16.7. The number of rotatable bonds is 9. The van der Waals surface area contributed by atoms with Gasteiger partial charge in [0.15, 0.2) is 0 Å². The van der Waals surface area contributed by atoms with Crippen molar-refractivity contribution in [2.45, 2.75) is 77.9 Å². The Balaban J connectivity index is 2.01. The smallest absolute Gasteiger partial charge is 0.0110 e. The molecule has 0 unspecified atom stereocenters. The molecule has 0 bridgehead atoms. The van der Waals surface area contributed by atoms with Crippen molar-refractivity contribution in [3.05, 3.63) is 0 Å². The molecule has 1 rings (SSSR count). The van der Waals surface area contributed by atoms with Gasteiger partial charge in [-0.1, -0.05) is 47.5 Å². The van der Waals surface area contributed by atoms with Crippen molar-refractivity contribution in [2.75, 3.05) is 39.3 Å². The highest BCUT2D eigenvalue weighted by atomic mass is 32.1. The lowest BCUT2D eigenvalue weighted by atomic mass is 9.90. The van der Waals surface area contributed by atoms with Crippen molar-refractivity contribution >= 4 is 12.6 Å². The summed E-state index contributed by atoms with van der Waals surface area (Å²) >= 11 is 4.60. The van der Waals surface area contributed by atoms with Crippen LogP contribution < -0.4 is 0 Å². The molecule has 0 spiro atoms. The molecule has 1 aliphatic rings. The van der Waals surface area contributed by atoms with Crippen LogP contribution in [-0.2, 0) is 0 Å². The topological polar surface area (TPSA) is 6.48 Å². The standard InChI is InChI=1S/C19H40N2S/c1-18(2,3)10-6-8-12-20-14-16-21(17-15-20)13-9-7-11-19(4,5)22/h22H,6-17H2,1-5H3. The van der Waals surface area contributed by atoms with E-state index in [-0.39, 0.29) is 4.75 Å². The van der Waals surface area contributed by atoms with E-state index in [0.717, 1.165) is 0 Å². The monoisotopic (exact) mass is 328 g/mol. The number of piperazine rings is 1. The Kier molecular flexibility index (Phi) is 8.81. The van der Waals surface area contributed by atoms with E-state index in [1.54, 1.807) is 0 Å². The molecule has 22 heavy (non-hydrogen) atoms. The highest BCUT2D eigenvalue weighted by molar-refractivity contribution is 7.81. The van der Waals surface area contributed by atoms with E-state index in [1.807, 2.05) is 0 Å². The highest BCUT2D eigenvalue weighted by Crippen LogP contribution is 2.22. The van der Waals surface area contributed by atoms with Gasteiger partial charge in [0.1, 0.15) is 0 Å². The van der Waals surface area contributed by atoms with Crippen LogP contribution in [0.5, 0.6) is 0 Å². The molecular weight excluding hydrogens is 288 g/mol. The van der Waals surface area contributed by atoms with Crippen LogP contribution in [0.15, 0.2) is 0 Å². The molecule has 0 aliphatic carbocycles. The second kappa shape index (κ2) is 9.54. The van der Waals surface area contributed by atoms with Gasteiger partial charge >= 0.3 is 0 Å². The summed E-state index contributed by atoms with van der Waals surface area (Å²) in [7, 11) is 0. The predicted octanol–water partition coefficient (Wildman–Crippen LogP) is 4.70. The van der Waals surface area contributed by atoms with Crippen molar-refractivity contribution in [1.82, 2.24) is 9.80 Å². The molecule has 0 aromatic carbocycles. The van der Waals surface area contributed by atoms with Gasteiger partial charge in [0, 0.05) is 30.9 Å². The van der Waals surface area contributed by atoms with Gasteiger partial charge in [-0.3, -0.25) is 0 Å². The van der Waals surface area contributed by atoms with E-state index in [0.29, 0.717) is 5.41 Å². The third-order valence-electron chi connectivity index (χ3n) is 4.63. The molecule has 3 heteroatoms. The number of hydrogen-bond acceptors (Lipinski definition) is 3. The van der Waals surface area contributed by atoms with Crippen LogP contribution in [-0.4, -0.2) is 53.8 Å². The number of unbranched alkanes of at least 4 members (excludes halogenated alkanes) is 2. The summed E-state index contributed by atoms with van der Waals surface area (Å²) in [5, 5.41) is 0. The molecule has 1 saturated heterocycles. The van der Waals surface area contributed by atoms with E-state index in [2.05, 4.69) is 57.0 Å². The summed E-state index contributed by atoms with van der Waals surface area (Å²) < 4.78 is 0.200. The van der Waals surface area contributed by atoms with Gasteiger partial charge < -0.3 is 9.80 Å². The van der Waals surface area contributed by atoms with E-state index >= 15 is 0 Å². The van der Waals surface area contributed by atoms with Crippen molar-refractivity contribution in [2.24, 2.45) is 5.41 Å². The van der Waals surface area contributed by atoms with Crippen LogP contribution in [0, 0.1) is 5.41 Å². The number of hydrogen-bond donors (Lipinski definition) is 1. The molecule has 2 nitrogen and oxygen atoms in total. The summed E-state index contributed by atoms with van der Waals surface area (Å²) in [6.07, 6.45) is 7.97. The quantitative estimate of drug-likeness (QED) is 0.484. The fourth-order valence-electron chi connectivity index (χ4n) is 3.12. The van der Waals surface area contributed by atoms with Gasteiger partial charge in [-0.15, -0.1) is 0 Å². The Morgan fingerprint density at radius 1 is 0.682 bits per heavy atom. The first kappa shape index (κ1) is 20.3. The van der Waals surface area contributed by atoms with Crippen molar-refractivity contribution < 1.29 is 0 Å². The SMILES string of the molecule is CC(C)(C)CCCCN1CCN(CCCCC(C)(C)S)CC1. The summed E-state index contributed by atoms with van der Waals surface area (Å²) in [5.41, 5.74) is 0.500. The first-order chi connectivity index (χ1) is 10.2. The largest absolute Gasteiger partial charge is 0.301 e. The molecule has 1 aliphatic heterocycles. The van der Waals surface area contributed by atoms with Gasteiger partial charge in [0.05, 0.1) is 0 Å². The molecule has 0 aromatic rings. The number of thiol groups is 1. The van der Waals surface area contributed by atoms with Crippen molar-refractivity contribution in [3.8, 4) is 0 Å². The molecule has 132 valence electrons. The Bertz CT molecular complexity index is 253. The Hall–Kier alpha value is 0.270. The minimum Gasteiger partial charge on any atom is -0.301 e.